The van der Waals surface area contributed by atoms with E-state index in [0.717, 1.165) is 31.6 Å². The average Bonchev–Trinajstić information content (AvgIpc) is 3.37. The van der Waals surface area contributed by atoms with Crippen molar-refractivity contribution in [2.24, 2.45) is 11.3 Å². The minimum absolute atomic E-state index is 0.0340. The van der Waals surface area contributed by atoms with Gasteiger partial charge in [-0.25, -0.2) is 0 Å². The van der Waals surface area contributed by atoms with Crippen LogP contribution >= 0.6 is 0 Å². The minimum Gasteiger partial charge on any atom is -0.342 e. The first-order valence-corrected chi connectivity index (χ1v) is 8.75. The lowest BCUT2D eigenvalue weighted by atomic mass is 9.96. The molecule has 3 rings (SSSR count). The Morgan fingerprint density at radius 3 is 2.52 bits per heavy atom. The number of hydrogen-bond acceptors (Lipinski definition) is 2. The highest BCUT2D eigenvalue weighted by Gasteiger charge is 2.58. The molecular weight excluding hydrogens is 288 g/mol. The maximum Gasteiger partial charge on any atom is 0.240 e. The van der Waals surface area contributed by atoms with E-state index in [1.807, 2.05) is 29.2 Å². The summed E-state index contributed by atoms with van der Waals surface area (Å²) in [6, 6.07) is 7.87. The monoisotopic (exact) mass is 314 g/mol. The second-order valence-electron chi connectivity index (χ2n) is 7.09. The predicted octanol–water partition coefficient (Wildman–Crippen LogP) is 3.23. The summed E-state index contributed by atoms with van der Waals surface area (Å²) >= 11 is 0. The van der Waals surface area contributed by atoms with Crippen LogP contribution in [0, 0.1) is 11.3 Å². The molecule has 2 fully saturated rings. The van der Waals surface area contributed by atoms with Gasteiger partial charge in [0.25, 0.3) is 0 Å². The molecule has 1 atom stereocenters. The normalized spacial score (nSPS) is 22.5. The standard InChI is InChI=1S/C19H26N2O2/c1-3-15-6-8-16(9-7-15)20-17(22)19(10-11-19)18(23)21-12-4-5-14(2)13-21/h6-9,14H,3-5,10-13H2,1-2H3,(H,20,22). The number of aryl methyl sites for hydroxylation is 1. The van der Waals surface area contributed by atoms with Crippen molar-refractivity contribution in [3.05, 3.63) is 29.8 Å². The number of amides is 2. The summed E-state index contributed by atoms with van der Waals surface area (Å²) in [6.07, 6.45) is 4.55. The molecule has 1 heterocycles. The first-order chi connectivity index (χ1) is 11.0. The lowest BCUT2D eigenvalue weighted by Gasteiger charge is -2.33. The summed E-state index contributed by atoms with van der Waals surface area (Å²) in [4.78, 5) is 27.4. The third kappa shape index (κ3) is 3.26. The molecule has 0 spiro atoms. The zero-order valence-electron chi connectivity index (χ0n) is 14.1. The molecular formula is C19H26N2O2. The van der Waals surface area contributed by atoms with Crippen molar-refractivity contribution in [1.82, 2.24) is 4.90 Å². The second-order valence-corrected chi connectivity index (χ2v) is 7.09. The number of benzene rings is 1. The Hall–Kier alpha value is -1.84. The van der Waals surface area contributed by atoms with Gasteiger partial charge in [0.15, 0.2) is 0 Å². The summed E-state index contributed by atoms with van der Waals surface area (Å²) in [5.41, 5.74) is 1.21. The van der Waals surface area contributed by atoms with E-state index in [0.29, 0.717) is 18.8 Å². The smallest absolute Gasteiger partial charge is 0.240 e. The van der Waals surface area contributed by atoms with Crippen molar-refractivity contribution in [2.45, 2.75) is 46.0 Å². The maximum atomic E-state index is 12.8. The summed E-state index contributed by atoms with van der Waals surface area (Å²) < 4.78 is 0. The number of carbonyl (C=O) groups excluding carboxylic acids is 2. The molecule has 1 aliphatic heterocycles. The van der Waals surface area contributed by atoms with Gasteiger partial charge in [0.2, 0.25) is 11.8 Å². The van der Waals surface area contributed by atoms with Crippen molar-refractivity contribution < 1.29 is 9.59 Å². The van der Waals surface area contributed by atoms with E-state index in [-0.39, 0.29) is 11.8 Å². The molecule has 2 amide bonds. The topological polar surface area (TPSA) is 49.4 Å². The van der Waals surface area contributed by atoms with Crippen LogP contribution in [0.4, 0.5) is 5.69 Å². The molecule has 4 heteroatoms. The van der Waals surface area contributed by atoms with Crippen molar-refractivity contribution in [1.29, 1.82) is 0 Å². The highest BCUT2D eigenvalue weighted by Crippen LogP contribution is 2.48. The Labute approximate surface area is 138 Å². The second kappa shape index (κ2) is 6.34. The Balaban J connectivity index is 1.66. The Bertz CT molecular complexity index is 590. The van der Waals surface area contributed by atoms with Gasteiger partial charge in [-0.3, -0.25) is 9.59 Å². The fourth-order valence-electron chi connectivity index (χ4n) is 3.41. The number of rotatable bonds is 4. The Kier molecular flexibility index (Phi) is 4.42. The van der Waals surface area contributed by atoms with Crippen molar-refractivity contribution in [3.8, 4) is 0 Å². The van der Waals surface area contributed by atoms with E-state index >= 15 is 0 Å². The fourth-order valence-corrected chi connectivity index (χ4v) is 3.41. The van der Waals surface area contributed by atoms with Gasteiger partial charge in [0.05, 0.1) is 0 Å². The third-order valence-corrected chi connectivity index (χ3v) is 5.16. The number of nitrogens with one attached hydrogen (secondary N) is 1. The Morgan fingerprint density at radius 2 is 1.96 bits per heavy atom. The molecule has 0 radical (unpaired) electrons. The summed E-state index contributed by atoms with van der Waals surface area (Å²) in [6.45, 7) is 5.86. The molecule has 2 aliphatic rings. The van der Waals surface area contributed by atoms with E-state index in [1.165, 1.54) is 12.0 Å². The number of hydrogen-bond donors (Lipinski definition) is 1. The van der Waals surface area contributed by atoms with Crippen LogP contribution in [0.15, 0.2) is 24.3 Å². The molecule has 23 heavy (non-hydrogen) atoms. The molecule has 0 aromatic heterocycles. The van der Waals surface area contributed by atoms with Crippen molar-refractivity contribution in [2.75, 3.05) is 18.4 Å². The van der Waals surface area contributed by atoms with E-state index in [4.69, 9.17) is 0 Å². The number of nitrogens with zero attached hydrogens (tertiary/aromatic N) is 1. The first-order valence-electron chi connectivity index (χ1n) is 8.75. The van der Waals surface area contributed by atoms with Crippen LogP contribution in [-0.2, 0) is 16.0 Å². The lowest BCUT2D eigenvalue weighted by Crippen LogP contribution is -2.46. The average molecular weight is 314 g/mol. The zero-order valence-corrected chi connectivity index (χ0v) is 14.1. The third-order valence-electron chi connectivity index (χ3n) is 5.16. The SMILES string of the molecule is CCc1ccc(NC(=O)C2(C(=O)N3CCCC(C)C3)CC2)cc1. The van der Waals surface area contributed by atoms with Crippen LogP contribution in [0.2, 0.25) is 0 Å². The number of piperidine rings is 1. The quantitative estimate of drug-likeness (QED) is 0.868. The predicted molar refractivity (Wildman–Crippen MR) is 91.1 cm³/mol. The summed E-state index contributed by atoms with van der Waals surface area (Å²) in [5, 5.41) is 2.94. The lowest BCUT2D eigenvalue weighted by molar-refractivity contribution is -0.143. The Morgan fingerprint density at radius 1 is 1.26 bits per heavy atom. The van der Waals surface area contributed by atoms with Gasteiger partial charge in [0, 0.05) is 18.8 Å². The van der Waals surface area contributed by atoms with Gasteiger partial charge in [-0.2, -0.15) is 0 Å². The maximum absolute atomic E-state index is 12.8. The molecule has 1 saturated heterocycles. The van der Waals surface area contributed by atoms with Gasteiger partial charge in [-0.05, 0) is 55.7 Å². The molecule has 1 unspecified atom stereocenters. The summed E-state index contributed by atoms with van der Waals surface area (Å²) in [7, 11) is 0. The van der Waals surface area contributed by atoms with Gasteiger partial charge in [-0.15, -0.1) is 0 Å². The van der Waals surface area contributed by atoms with Crippen LogP contribution in [0.1, 0.15) is 45.1 Å². The van der Waals surface area contributed by atoms with Crippen LogP contribution in [0.3, 0.4) is 0 Å². The first kappa shape index (κ1) is 16.0. The van der Waals surface area contributed by atoms with E-state index in [1.54, 1.807) is 0 Å². The van der Waals surface area contributed by atoms with Crippen molar-refractivity contribution in [3.63, 3.8) is 0 Å². The molecule has 1 saturated carbocycles. The number of carbonyl (C=O) groups is 2. The van der Waals surface area contributed by atoms with Crippen LogP contribution in [0.5, 0.6) is 0 Å². The van der Waals surface area contributed by atoms with Crippen molar-refractivity contribution >= 4 is 17.5 Å². The summed E-state index contributed by atoms with van der Waals surface area (Å²) in [5.74, 6) is 0.435. The largest absolute Gasteiger partial charge is 0.342 e. The van der Waals surface area contributed by atoms with E-state index in [2.05, 4.69) is 19.2 Å². The molecule has 1 aliphatic carbocycles. The molecule has 4 nitrogen and oxygen atoms in total. The van der Waals surface area contributed by atoms with Gasteiger partial charge < -0.3 is 10.2 Å². The number of anilines is 1. The fraction of sp³-hybridized carbons (Fsp3) is 0.579. The molecule has 1 N–H and O–H groups in total. The van der Waals surface area contributed by atoms with E-state index < -0.39 is 5.41 Å². The van der Waals surface area contributed by atoms with Crippen LogP contribution in [-0.4, -0.2) is 29.8 Å². The van der Waals surface area contributed by atoms with Gasteiger partial charge in [-0.1, -0.05) is 26.0 Å². The van der Waals surface area contributed by atoms with Crippen LogP contribution < -0.4 is 5.32 Å². The minimum atomic E-state index is -0.805. The highest BCUT2D eigenvalue weighted by atomic mass is 16.2. The molecule has 124 valence electrons. The molecule has 1 aromatic carbocycles. The van der Waals surface area contributed by atoms with Gasteiger partial charge in [0.1, 0.15) is 5.41 Å². The molecule has 1 aromatic rings. The number of likely N-dealkylation sites (tertiary alicyclic amines) is 1. The van der Waals surface area contributed by atoms with E-state index in [9.17, 15) is 9.59 Å². The molecule has 0 bridgehead atoms. The zero-order chi connectivity index (χ0) is 16.4. The highest BCUT2D eigenvalue weighted by molar-refractivity contribution is 6.13. The van der Waals surface area contributed by atoms with Crippen LogP contribution in [0.25, 0.3) is 0 Å². The van der Waals surface area contributed by atoms with Gasteiger partial charge >= 0.3 is 0 Å².